The van der Waals surface area contributed by atoms with E-state index in [2.05, 4.69) is 14.9 Å². The number of nitrogens with two attached hydrogens (primary N) is 1. The molecule has 0 atom stereocenters. The quantitative estimate of drug-likeness (QED) is 0.867. The summed E-state index contributed by atoms with van der Waals surface area (Å²) in [7, 11) is 0. The van der Waals surface area contributed by atoms with Crippen LogP contribution in [-0.4, -0.2) is 42.4 Å². The van der Waals surface area contributed by atoms with E-state index >= 15 is 0 Å². The van der Waals surface area contributed by atoms with E-state index in [0.29, 0.717) is 18.2 Å². The second-order valence-electron chi connectivity index (χ2n) is 4.54. The van der Waals surface area contributed by atoms with Gasteiger partial charge in [-0.05, 0) is 20.3 Å². The van der Waals surface area contributed by atoms with Crippen LogP contribution in [0.3, 0.4) is 0 Å². The first-order valence-corrected chi connectivity index (χ1v) is 6.28. The topological polar surface area (TPSA) is 73.5 Å². The van der Waals surface area contributed by atoms with Crippen molar-refractivity contribution in [2.24, 2.45) is 0 Å². The predicted molar refractivity (Wildman–Crippen MR) is 69.9 cm³/mol. The van der Waals surface area contributed by atoms with E-state index in [0.717, 1.165) is 31.9 Å². The standard InChI is InChI=1S/C12H20N4O2/c1-9(2)18-12-10(13)11(14-8-15-12)16-4-3-6-17-7-5-16/h8-9H,3-7,13H2,1-2H3. The van der Waals surface area contributed by atoms with E-state index in [9.17, 15) is 0 Å². The molecule has 100 valence electrons. The van der Waals surface area contributed by atoms with Crippen molar-refractivity contribution in [3.8, 4) is 5.88 Å². The molecule has 1 aliphatic rings. The van der Waals surface area contributed by atoms with Gasteiger partial charge in [0.15, 0.2) is 5.82 Å². The first-order valence-electron chi connectivity index (χ1n) is 6.28. The number of hydrogen-bond acceptors (Lipinski definition) is 6. The Balaban J connectivity index is 2.21. The van der Waals surface area contributed by atoms with Crippen molar-refractivity contribution in [2.45, 2.75) is 26.4 Å². The first kappa shape index (κ1) is 12.9. The van der Waals surface area contributed by atoms with Crippen LogP contribution in [0.4, 0.5) is 11.5 Å². The van der Waals surface area contributed by atoms with Gasteiger partial charge < -0.3 is 20.1 Å². The third-order valence-electron chi connectivity index (χ3n) is 2.70. The molecule has 1 aromatic heterocycles. The third kappa shape index (κ3) is 3.01. The summed E-state index contributed by atoms with van der Waals surface area (Å²) in [4.78, 5) is 10.5. The zero-order valence-corrected chi connectivity index (χ0v) is 10.9. The lowest BCUT2D eigenvalue weighted by Gasteiger charge is -2.23. The average Bonchev–Trinajstić information content (AvgIpc) is 2.60. The Morgan fingerprint density at radius 1 is 1.33 bits per heavy atom. The maximum absolute atomic E-state index is 6.08. The summed E-state index contributed by atoms with van der Waals surface area (Å²) in [5, 5.41) is 0. The van der Waals surface area contributed by atoms with Crippen LogP contribution in [0.15, 0.2) is 6.33 Å². The van der Waals surface area contributed by atoms with E-state index in [4.69, 9.17) is 15.2 Å². The Bertz CT molecular complexity index is 390. The molecule has 2 rings (SSSR count). The van der Waals surface area contributed by atoms with Crippen molar-refractivity contribution in [3.05, 3.63) is 6.33 Å². The van der Waals surface area contributed by atoms with Gasteiger partial charge in [-0.15, -0.1) is 0 Å². The summed E-state index contributed by atoms with van der Waals surface area (Å²) in [5.41, 5.74) is 6.59. The van der Waals surface area contributed by atoms with Crippen LogP contribution in [0.2, 0.25) is 0 Å². The van der Waals surface area contributed by atoms with E-state index in [1.54, 1.807) is 0 Å². The molecule has 0 unspecified atom stereocenters. The normalized spacial score (nSPS) is 16.7. The Hall–Kier alpha value is -1.56. The van der Waals surface area contributed by atoms with Crippen LogP contribution in [-0.2, 0) is 4.74 Å². The minimum Gasteiger partial charge on any atom is -0.473 e. The molecule has 1 fully saturated rings. The highest BCUT2D eigenvalue weighted by Crippen LogP contribution is 2.28. The fraction of sp³-hybridized carbons (Fsp3) is 0.667. The first-order chi connectivity index (χ1) is 8.68. The lowest BCUT2D eigenvalue weighted by atomic mass is 10.3. The van der Waals surface area contributed by atoms with Gasteiger partial charge in [0.05, 0.1) is 12.7 Å². The van der Waals surface area contributed by atoms with Crippen molar-refractivity contribution in [2.75, 3.05) is 36.9 Å². The molecule has 6 heteroatoms. The number of rotatable bonds is 3. The SMILES string of the molecule is CC(C)Oc1ncnc(N2CCCOCC2)c1N. The lowest BCUT2D eigenvalue weighted by molar-refractivity contribution is 0.152. The molecule has 1 saturated heterocycles. The molecule has 0 bridgehead atoms. The van der Waals surface area contributed by atoms with Crippen LogP contribution in [0.25, 0.3) is 0 Å². The fourth-order valence-electron chi connectivity index (χ4n) is 1.90. The largest absolute Gasteiger partial charge is 0.473 e. The number of nitrogens with zero attached hydrogens (tertiary/aromatic N) is 3. The van der Waals surface area contributed by atoms with Crippen LogP contribution in [0.1, 0.15) is 20.3 Å². The van der Waals surface area contributed by atoms with Crippen molar-refractivity contribution in [1.82, 2.24) is 9.97 Å². The number of anilines is 2. The Kier molecular flexibility index (Phi) is 4.19. The van der Waals surface area contributed by atoms with Gasteiger partial charge in [0, 0.05) is 19.7 Å². The predicted octanol–water partition coefficient (Wildman–Crippen LogP) is 1.07. The van der Waals surface area contributed by atoms with E-state index in [1.807, 2.05) is 13.8 Å². The zero-order valence-electron chi connectivity index (χ0n) is 10.9. The smallest absolute Gasteiger partial charge is 0.242 e. The molecule has 1 aliphatic heterocycles. The van der Waals surface area contributed by atoms with Crippen molar-refractivity contribution < 1.29 is 9.47 Å². The molecular weight excluding hydrogens is 232 g/mol. The molecular formula is C12H20N4O2. The Morgan fingerprint density at radius 2 is 2.17 bits per heavy atom. The molecule has 0 radical (unpaired) electrons. The van der Waals surface area contributed by atoms with Gasteiger partial charge in [0.25, 0.3) is 0 Å². The van der Waals surface area contributed by atoms with Crippen molar-refractivity contribution >= 4 is 11.5 Å². The minimum absolute atomic E-state index is 0.0440. The second-order valence-corrected chi connectivity index (χ2v) is 4.54. The molecule has 0 amide bonds. The number of aromatic nitrogens is 2. The van der Waals surface area contributed by atoms with Gasteiger partial charge in [-0.1, -0.05) is 0 Å². The van der Waals surface area contributed by atoms with Gasteiger partial charge in [-0.25, -0.2) is 4.98 Å². The van der Waals surface area contributed by atoms with Gasteiger partial charge in [-0.3, -0.25) is 0 Å². The maximum Gasteiger partial charge on any atom is 0.242 e. The number of hydrogen-bond donors (Lipinski definition) is 1. The van der Waals surface area contributed by atoms with E-state index in [1.165, 1.54) is 6.33 Å². The highest BCUT2D eigenvalue weighted by Gasteiger charge is 2.17. The monoisotopic (exact) mass is 252 g/mol. The Morgan fingerprint density at radius 3 is 2.94 bits per heavy atom. The van der Waals surface area contributed by atoms with Crippen LogP contribution < -0.4 is 15.4 Å². The molecule has 0 spiro atoms. The highest BCUT2D eigenvalue weighted by atomic mass is 16.5. The molecule has 18 heavy (non-hydrogen) atoms. The second kappa shape index (κ2) is 5.86. The molecule has 0 saturated carbocycles. The van der Waals surface area contributed by atoms with Crippen molar-refractivity contribution in [1.29, 1.82) is 0 Å². The third-order valence-corrected chi connectivity index (χ3v) is 2.70. The van der Waals surface area contributed by atoms with Crippen LogP contribution in [0, 0.1) is 0 Å². The van der Waals surface area contributed by atoms with E-state index in [-0.39, 0.29) is 6.10 Å². The molecule has 2 heterocycles. The van der Waals surface area contributed by atoms with Crippen molar-refractivity contribution in [3.63, 3.8) is 0 Å². The number of ether oxygens (including phenoxy) is 2. The van der Waals surface area contributed by atoms with Gasteiger partial charge >= 0.3 is 0 Å². The fourth-order valence-corrected chi connectivity index (χ4v) is 1.90. The molecule has 0 aromatic carbocycles. The molecule has 1 aromatic rings. The van der Waals surface area contributed by atoms with Crippen LogP contribution >= 0.6 is 0 Å². The summed E-state index contributed by atoms with van der Waals surface area (Å²) < 4.78 is 11.0. The number of nitrogen functional groups attached to an aromatic ring is 1. The zero-order chi connectivity index (χ0) is 13.0. The lowest BCUT2D eigenvalue weighted by Crippen LogP contribution is -2.28. The van der Waals surface area contributed by atoms with Gasteiger partial charge in [0.1, 0.15) is 12.0 Å². The van der Waals surface area contributed by atoms with Crippen LogP contribution in [0.5, 0.6) is 5.88 Å². The molecule has 6 nitrogen and oxygen atoms in total. The summed E-state index contributed by atoms with van der Waals surface area (Å²) in [6.45, 7) is 7.06. The molecule has 2 N–H and O–H groups in total. The van der Waals surface area contributed by atoms with Gasteiger partial charge in [0.2, 0.25) is 5.88 Å². The summed E-state index contributed by atoms with van der Waals surface area (Å²) in [5.74, 6) is 1.20. The summed E-state index contributed by atoms with van der Waals surface area (Å²) >= 11 is 0. The minimum atomic E-state index is 0.0440. The molecule has 0 aliphatic carbocycles. The maximum atomic E-state index is 6.08. The summed E-state index contributed by atoms with van der Waals surface area (Å²) in [6.07, 6.45) is 2.52. The average molecular weight is 252 g/mol. The van der Waals surface area contributed by atoms with Gasteiger partial charge in [-0.2, -0.15) is 4.98 Å². The summed E-state index contributed by atoms with van der Waals surface area (Å²) in [6, 6.07) is 0. The Labute approximate surface area is 107 Å². The highest BCUT2D eigenvalue weighted by molar-refractivity contribution is 5.67. The van der Waals surface area contributed by atoms with E-state index < -0.39 is 0 Å².